The second-order valence-electron chi connectivity index (χ2n) is 14.5. The van der Waals surface area contributed by atoms with Crippen LogP contribution < -0.4 is 5.32 Å². The largest absolute Gasteiger partial charge is 0.379 e. The van der Waals surface area contributed by atoms with Crippen LogP contribution in [0.5, 0.6) is 0 Å². The van der Waals surface area contributed by atoms with E-state index in [0.29, 0.717) is 71.7 Å². The molecule has 1 amide bonds. The number of aryl methyl sites for hydroxylation is 2. The Kier molecular flexibility index (Phi) is 7.90. The molecule has 4 aromatic rings. The van der Waals surface area contributed by atoms with Crippen molar-refractivity contribution in [3.05, 3.63) is 63.1 Å². The zero-order chi connectivity index (χ0) is 33.6. The molecule has 2 saturated carbocycles. The number of pyridine rings is 1. The number of hydrogen-bond donors (Lipinski definition) is 1. The molecule has 49 heavy (non-hydrogen) atoms. The lowest BCUT2D eigenvalue weighted by atomic mass is 9.79. The summed E-state index contributed by atoms with van der Waals surface area (Å²) in [7, 11) is 0. The van der Waals surface area contributed by atoms with Gasteiger partial charge in [0.2, 0.25) is 5.91 Å². The molecule has 0 unspecified atom stereocenters. The number of benzene rings is 2. The third-order valence-corrected chi connectivity index (χ3v) is 12.3. The molecule has 0 radical (unpaired) electrons. The highest BCUT2D eigenvalue weighted by molar-refractivity contribution is 6.43. The molecule has 254 valence electrons. The number of amides is 1. The highest BCUT2D eigenvalue weighted by atomic mass is 35.5. The van der Waals surface area contributed by atoms with Gasteiger partial charge in [0.05, 0.1) is 52.5 Å². The van der Waals surface area contributed by atoms with Gasteiger partial charge in [0.25, 0.3) is 0 Å². The van der Waals surface area contributed by atoms with Gasteiger partial charge >= 0.3 is 0 Å². The Morgan fingerprint density at radius 1 is 1.18 bits per heavy atom. The van der Waals surface area contributed by atoms with Crippen LogP contribution in [0.2, 0.25) is 10.0 Å². The Labute approximate surface area is 294 Å². The fourth-order valence-corrected chi connectivity index (χ4v) is 9.37. The summed E-state index contributed by atoms with van der Waals surface area (Å²) in [6, 6.07) is 12.0. The average Bonchev–Trinajstić information content (AvgIpc) is 3.59. The number of aromatic nitrogens is 2. The lowest BCUT2D eigenvalue weighted by Crippen LogP contribution is -2.41. The first kappa shape index (κ1) is 31.7. The van der Waals surface area contributed by atoms with Crippen LogP contribution in [0, 0.1) is 35.9 Å². The van der Waals surface area contributed by atoms with Crippen molar-refractivity contribution in [1.82, 2.24) is 19.8 Å². The Morgan fingerprint density at radius 2 is 2.04 bits per heavy atom. The zero-order valence-corrected chi connectivity index (χ0v) is 28.9. The number of hydrogen-bond acceptors (Lipinski definition) is 6. The number of fused-ring (bicyclic) bond motifs is 4. The maximum Gasteiger partial charge on any atom is 0.226 e. The average molecular weight is 703 g/mol. The summed E-state index contributed by atoms with van der Waals surface area (Å²) in [5.74, 6) is 0.250. The topological polar surface area (TPSA) is 92.4 Å². The summed E-state index contributed by atoms with van der Waals surface area (Å²) in [4.78, 5) is 20.9. The standard InChI is InChI=1S/C38H38Cl2FN5O3/c1-19-26-15-31(30-14-24(49-23-9-11-48-18-23)17-45(30)38(47)20-7-8-20)46(36-22-13-29(36)43-16-22)37(26)27-12-21(4-3-10-42)32(34(41)35(27)44-19)25-5-2-6-28(39)33(25)40/h2,5-6,12,15,20,22-24,29-30,36,43H,3-4,7-9,11,13-14,16-18H2,1H3/t22-,23-,24+,29-,30-,36+/m1/s1. The molecule has 1 N–H and O–H groups in total. The molecular formula is C38H38Cl2FN5O3. The summed E-state index contributed by atoms with van der Waals surface area (Å²) in [5, 5.41) is 15.5. The van der Waals surface area contributed by atoms with Crippen LogP contribution in [0.3, 0.4) is 0 Å². The number of ether oxygens (including phenoxy) is 2. The fourth-order valence-electron chi connectivity index (χ4n) is 8.98. The Balaban J connectivity index is 1.26. The molecule has 8 nitrogen and oxygen atoms in total. The van der Waals surface area contributed by atoms with Crippen LogP contribution in [0.25, 0.3) is 32.9 Å². The van der Waals surface area contributed by atoms with Gasteiger partial charge in [0.15, 0.2) is 5.82 Å². The molecule has 2 aliphatic carbocycles. The SMILES string of the molecule is Cc1nc2c(F)c(-c3cccc(Cl)c3Cl)c(CCC#N)cc2c2c1cc([C@H]1C[C@H](O[C@@H]3CCOC3)CN1C(=O)C1CC1)n2[C@H]1[C@H]2CN[C@@H]1C2. The second-order valence-corrected chi connectivity index (χ2v) is 15.3. The third-order valence-electron chi connectivity index (χ3n) is 11.5. The summed E-state index contributed by atoms with van der Waals surface area (Å²) >= 11 is 13.1. The molecule has 11 heteroatoms. The van der Waals surface area contributed by atoms with Crippen molar-refractivity contribution in [1.29, 1.82) is 5.26 Å². The van der Waals surface area contributed by atoms with E-state index < -0.39 is 5.82 Å². The van der Waals surface area contributed by atoms with Crippen LogP contribution >= 0.6 is 23.2 Å². The van der Waals surface area contributed by atoms with Crippen molar-refractivity contribution in [2.75, 3.05) is 26.3 Å². The molecule has 2 aromatic carbocycles. The monoisotopic (exact) mass is 701 g/mol. The first-order valence-corrected chi connectivity index (χ1v) is 18.3. The van der Waals surface area contributed by atoms with E-state index in [1.165, 1.54) is 0 Å². The van der Waals surface area contributed by atoms with Crippen LogP contribution in [-0.4, -0.2) is 64.9 Å². The van der Waals surface area contributed by atoms with Crippen LogP contribution in [0.4, 0.5) is 4.39 Å². The molecule has 6 atom stereocenters. The summed E-state index contributed by atoms with van der Waals surface area (Å²) in [6.07, 6.45) is 5.05. The number of halogens is 3. The van der Waals surface area contributed by atoms with E-state index in [1.807, 2.05) is 13.0 Å². The van der Waals surface area contributed by atoms with Crippen molar-refractivity contribution in [2.24, 2.45) is 11.8 Å². The molecule has 0 spiro atoms. The maximum absolute atomic E-state index is 17.1. The summed E-state index contributed by atoms with van der Waals surface area (Å²) < 4.78 is 31.7. The van der Waals surface area contributed by atoms with E-state index in [9.17, 15) is 10.1 Å². The molecule has 2 aromatic heterocycles. The minimum atomic E-state index is -0.470. The third kappa shape index (κ3) is 5.17. The molecule has 4 aliphatic heterocycles. The first-order chi connectivity index (χ1) is 23.8. The van der Waals surface area contributed by atoms with E-state index in [4.69, 9.17) is 37.7 Å². The van der Waals surface area contributed by atoms with E-state index in [-0.39, 0.29) is 53.1 Å². The van der Waals surface area contributed by atoms with E-state index in [0.717, 1.165) is 54.5 Å². The summed E-state index contributed by atoms with van der Waals surface area (Å²) in [5.41, 5.74) is 4.50. The van der Waals surface area contributed by atoms with E-state index in [1.54, 1.807) is 18.2 Å². The molecular weight excluding hydrogens is 664 g/mol. The van der Waals surface area contributed by atoms with Crippen molar-refractivity contribution in [3.8, 4) is 17.2 Å². The van der Waals surface area contributed by atoms with Gasteiger partial charge in [0.1, 0.15) is 5.52 Å². The zero-order valence-electron chi connectivity index (χ0n) is 27.4. The fraction of sp³-hybridized carbons (Fsp3) is 0.500. The van der Waals surface area contributed by atoms with E-state index in [2.05, 4.69) is 26.9 Å². The minimum Gasteiger partial charge on any atom is -0.379 e. The lowest BCUT2D eigenvalue weighted by molar-refractivity contribution is -0.134. The molecule has 2 bridgehead atoms. The summed E-state index contributed by atoms with van der Waals surface area (Å²) in [6.45, 7) is 4.72. The van der Waals surface area contributed by atoms with Gasteiger partial charge in [-0.2, -0.15) is 5.26 Å². The number of nitriles is 1. The Morgan fingerprint density at radius 3 is 2.76 bits per heavy atom. The Bertz CT molecular complexity index is 2040. The van der Waals surface area contributed by atoms with Crippen molar-refractivity contribution < 1.29 is 18.7 Å². The van der Waals surface area contributed by atoms with Gasteiger partial charge in [-0.3, -0.25) is 4.79 Å². The van der Waals surface area contributed by atoms with Crippen LogP contribution in [-0.2, 0) is 20.7 Å². The minimum absolute atomic E-state index is 0.0477. The number of carbonyl (C=O) groups is 1. The van der Waals surface area contributed by atoms with Gasteiger partial charge in [-0.1, -0.05) is 35.3 Å². The van der Waals surface area contributed by atoms with Gasteiger partial charge in [0, 0.05) is 77.8 Å². The highest BCUT2D eigenvalue weighted by Gasteiger charge is 2.51. The van der Waals surface area contributed by atoms with Gasteiger partial charge in [-0.15, -0.1) is 0 Å². The predicted octanol–water partition coefficient (Wildman–Crippen LogP) is 7.46. The molecule has 6 aliphatic rings. The van der Waals surface area contributed by atoms with Crippen LogP contribution in [0.15, 0.2) is 30.3 Å². The highest BCUT2D eigenvalue weighted by Crippen LogP contribution is 2.51. The second kappa shape index (κ2) is 12.2. The number of carbonyl (C=O) groups excluding carboxylic acids is 1. The normalized spacial score (nSPS) is 27.7. The quantitative estimate of drug-likeness (QED) is 0.205. The number of rotatable bonds is 8. The molecule has 6 fully saturated rings. The molecule has 4 saturated heterocycles. The van der Waals surface area contributed by atoms with Crippen molar-refractivity contribution in [2.45, 2.75) is 82.2 Å². The van der Waals surface area contributed by atoms with Gasteiger partial charge < -0.3 is 24.3 Å². The number of nitrogens with zero attached hydrogens (tertiary/aromatic N) is 4. The number of likely N-dealkylation sites (tertiary alicyclic amines) is 1. The first-order valence-electron chi connectivity index (χ1n) is 17.6. The van der Waals surface area contributed by atoms with Crippen molar-refractivity contribution in [3.63, 3.8) is 0 Å². The van der Waals surface area contributed by atoms with Gasteiger partial charge in [-0.05, 0) is 68.7 Å². The molecule has 10 rings (SSSR count). The van der Waals surface area contributed by atoms with E-state index >= 15 is 4.39 Å². The lowest BCUT2D eigenvalue weighted by Gasteiger charge is -2.39. The van der Waals surface area contributed by atoms with Crippen molar-refractivity contribution >= 4 is 50.9 Å². The van der Waals surface area contributed by atoms with Crippen LogP contribution in [0.1, 0.15) is 67.6 Å². The maximum atomic E-state index is 17.1. The predicted molar refractivity (Wildman–Crippen MR) is 186 cm³/mol. The smallest absolute Gasteiger partial charge is 0.226 e. The van der Waals surface area contributed by atoms with Gasteiger partial charge in [-0.25, -0.2) is 9.37 Å². The Hall–Kier alpha value is -3.26. The molecule has 6 heterocycles. The number of nitrogens with one attached hydrogen (secondary N) is 1.